The lowest BCUT2D eigenvalue weighted by Gasteiger charge is -2.21. The quantitative estimate of drug-likeness (QED) is 0.124. The van der Waals surface area contributed by atoms with Crippen LogP contribution in [0.2, 0.25) is 0 Å². The lowest BCUT2D eigenvalue weighted by atomic mass is 9.95. The molecule has 3 aromatic heterocycles. The molecule has 1 unspecified atom stereocenters. The van der Waals surface area contributed by atoms with E-state index in [0.717, 1.165) is 72.4 Å². The first-order chi connectivity index (χ1) is 28.0. The fourth-order valence-electron chi connectivity index (χ4n) is 7.78. The van der Waals surface area contributed by atoms with E-state index in [4.69, 9.17) is 9.97 Å². The van der Waals surface area contributed by atoms with Gasteiger partial charge in [0, 0.05) is 49.9 Å². The Morgan fingerprint density at radius 2 is 0.912 bits per heavy atom. The number of nitrogens with zero attached hydrogens (tertiary/aromatic N) is 2. The van der Waals surface area contributed by atoms with Gasteiger partial charge in [-0.05, 0) is 82.8 Å². The topological polar surface area (TPSA) is 107 Å². The standard InChI is InChI=1S/C50H41N5O2/c1-31(2)45(30-56)55-50(57)36-21-13-12-20-35(36)49-43-28-26-41(53-43)47(33-16-8-4-9-17-33)39-24-22-37(51-39)46(32-14-6-3-7-15-32)38-23-25-40(52-38)48(34-18-10-5-11-19-34)42-27-29-44(49)54-42/h3-29,31,45,51-52,56H,30H2,1-2H3,(H,55,57). The molecule has 4 aromatic carbocycles. The van der Waals surface area contributed by atoms with Crippen LogP contribution < -0.4 is 5.32 Å². The number of amides is 1. The number of aromatic amines is 2. The van der Waals surface area contributed by atoms with Crippen molar-refractivity contribution >= 4 is 52.3 Å². The summed E-state index contributed by atoms with van der Waals surface area (Å²) >= 11 is 0. The Bertz CT molecular complexity index is 2710. The number of carbonyl (C=O) groups excluding carboxylic acids is 1. The first-order valence-corrected chi connectivity index (χ1v) is 19.3. The number of hydrogen-bond acceptors (Lipinski definition) is 4. The number of nitrogens with one attached hydrogen (secondary N) is 3. The van der Waals surface area contributed by atoms with E-state index in [1.54, 1.807) is 0 Å². The number of aliphatic hydroxyl groups is 1. The van der Waals surface area contributed by atoms with Gasteiger partial charge in [-0.25, -0.2) is 9.97 Å². The van der Waals surface area contributed by atoms with Crippen LogP contribution >= 0.6 is 0 Å². The average Bonchev–Trinajstić information content (AvgIpc) is 4.09. The van der Waals surface area contributed by atoms with Crippen LogP contribution in [0.15, 0.2) is 140 Å². The van der Waals surface area contributed by atoms with Gasteiger partial charge >= 0.3 is 0 Å². The van der Waals surface area contributed by atoms with Crippen LogP contribution in [0.3, 0.4) is 0 Å². The van der Waals surface area contributed by atoms with E-state index in [0.29, 0.717) is 22.5 Å². The molecular formula is C50H41N5O2. The van der Waals surface area contributed by atoms with Gasteiger partial charge in [-0.2, -0.15) is 0 Å². The second-order valence-electron chi connectivity index (χ2n) is 14.7. The molecule has 9 rings (SSSR count). The van der Waals surface area contributed by atoms with Crippen molar-refractivity contribution in [2.75, 3.05) is 6.61 Å². The molecule has 0 fully saturated rings. The van der Waals surface area contributed by atoms with Gasteiger partial charge in [0.2, 0.25) is 0 Å². The number of fused-ring (bicyclic) bond motifs is 8. The predicted octanol–water partition coefficient (Wildman–Crippen LogP) is 11.1. The molecule has 4 N–H and O–H groups in total. The number of H-pyrrole nitrogens is 2. The summed E-state index contributed by atoms with van der Waals surface area (Å²) in [5, 5.41) is 13.2. The third-order valence-electron chi connectivity index (χ3n) is 10.7. The second kappa shape index (κ2) is 15.2. The highest BCUT2D eigenvalue weighted by Crippen LogP contribution is 2.39. The van der Waals surface area contributed by atoms with E-state index in [1.807, 2.05) is 105 Å². The molecule has 0 aliphatic carbocycles. The highest BCUT2D eigenvalue weighted by Gasteiger charge is 2.24. The Balaban J connectivity index is 1.43. The lowest BCUT2D eigenvalue weighted by Crippen LogP contribution is -2.41. The lowest BCUT2D eigenvalue weighted by molar-refractivity contribution is 0.0897. The molecule has 0 saturated carbocycles. The summed E-state index contributed by atoms with van der Waals surface area (Å²) in [4.78, 5) is 32.4. The molecule has 8 bridgehead atoms. The molecule has 7 nitrogen and oxygen atoms in total. The summed E-state index contributed by atoms with van der Waals surface area (Å²) in [6, 6.07) is 46.7. The summed E-state index contributed by atoms with van der Waals surface area (Å²) < 4.78 is 0. The summed E-state index contributed by atoms with van der Waals surface area (Å²) in [5.41, 5.74) is 14.6. The van der Waals surface area contributed by atoms with E-state index in [9.17, 15) is 9.90 Å². The fourth-order valence-corrected chi connectivity index (χ4v) is 7.78. The van der Waals surface area contributed by atoms with Crippen LogP contribution in [0.5, 0.6) is 0 Å². The Hall–Kier alpha value is -7.09. The van der Waals surface area contributed by atoms with E-state index in [2.05, 4.69) is 88.1 Å². The maximum Gasteiger partial charge on any atom is 0.252 e. The maximum absolute atomic E-state index is 14.1. The smallest absolute Gasteiger partial charge is 0.252 e. The number of hydrogen-bond donors (Lipinski definition) is 4. The van der Waals surface area contributed by atoms with E-state index >= 15 is 0 Å². The van der Waals surface area contributed by atoms with Crippen molar-refractivity contribution < 1.29 is 9.90 Å². The Morgan fingerprint density at radius 1 is 0.526 bits per heavy atom. The van der Waals surface area contributed by atoms with Crippen LogP contribution in [0.1, 0.15) is 47.0 Å². The highest BCUT2D eigenvalue weighted by molar-refractivity contribution is 6.05. The number of aromatic nitrogens is 4. The third kappa shape index (κ3) is 6.79. The highest BCUT2D eigenvalue weighted by atomic mass is 16.3. The SMILES string of the molecule is CC(C)C(CO)NC(=O)c1ccccc1-c1c2nc(c(-c3ccccc3)c3ccc([nH]3)c(-c3ccccc3)c3ccc([nH]3)c(-c3ccccc3)c3nc1C=C3)C=C2. The van der Waals surface area contributed by atoms with Crippen molar-refractivity contribution in [1.82, 2.24) is 25.3 Å². The number of benzene rings is 4. The van der Waals surface area contributed by atoms with Crippen molar-refractivity contribution in [2.24, 2.45) is 5.92 Å². The van der Waals surface area contributed by atoms with Crippen LogP contribution in [-0.4, -0.2) is 43.6 Å². The zero-order valence-corrected chi connectivity index (χ0v) is 31.7. The average molecular weight is 744 g/mol. The molecule has 7 heteroatoms. The second-order valence-corrected chi connectivity index (χ2v) is 14.7. The zero-order valence-electron chi connectivity index (χ0n) is 31.7. The molecule has 57 heavy (non-hydrogen) atoms. The number of carbonyl (C=O) groups is 1. The molecule has 1 amide bonds. The van der Waals surface area contributed by atoms with E-state index < -0.39 is 6.04 Å². The maximum atomic E-state index is 14.1. The summed E-state index contributed by atoms with van der Waals surface area (Å²) in [6.07, 6.45) is 8.12. The van der Waals surface area contributed by atoms with Gasteiger partial charge < -0.3 is 20.4 Å². The monoisotopic (exact) mass is 743 g/mol. The molecule has 0 spiro atoms. The minimum atomic E-state index is -0.401. The van der Waals surface area contributed by atoms with Crippen LogP contribution in [0, 0.1) is 5.92 Å². The van der Waals surface area contributed by atoms with Crippen molar-refractivity contribution in [3.63, 3.8) is 0 Å². The molecule has 2 aliphatic rings. The summed E-state index contributed by atoms with van der Waals surface area (Å²) in [6.45, 7) is 3.80. The van der Waals surface area contributed by atoms with Crippen LogP contribution in [-0.2, 0) is 0 Å². The Kier molecular flexibility index (Phi) is 9.50. The minimum absolute atomic E-state index is 0.0438. The van der Waals surface area contributed by atoms with Crippen molar-refractivity contribution in [3.05, 3.63) is 168 Å². The van der Waals surface area contributed by atoms with Crippen molar-refractivity contribution in [3.8, 4) is 44.5 Å². The first-order valence-electron chi connectivity index (χ1n) is 19.3. The molecule has 7 aromatic rings. The van der Waals surface area contributed by atoms with E-state index in [-0.39, 0.29) is 18.4 Å². The molecular weight excluding hydrogens is 703 g/mol. The van der Waals surface area contributed by atoms with Crippen LogP contribution in [0.4, 0.5) is 0 Å². The summed E-state index contributed by atoms with van der Waals surface area (Å²) in [5.74, 6) is -0.227. The van der Waals surface area contributed by atoms with Crippen molar-refractivity contribution in [2.45, 2.75) is 19.9 Å². The minimum Gasteiger partial charge on any atom is -0.394 e. The molecule has 5 heterocycles. The molecule has 1 atom stereocenters. The zero-order chi connectivity index (χ0) is 38.9. The fraction of sp³-hybridized carbons (Fsp3) is 0.100. The van der Waals surface area contributed by atoms with Gasteiger partial charge in [0.05, 0.1) is 35.4 Å². The third-order valence-corrected chi connectivity index (χ3v) is 10.7. The van der Waals surface area contributed by atoms with Gasteiger partial charge in [-0.3, -0.25) is 4.79 Å². The summed E-state index contributed by atoms with van der Waals surface area (Å²) in [7, 11) is 0. The van der Waals surface area contributed by atoms with Gasteiger partial charge in [-0.1, -0.05) is 123 Å². The normalized spacial score (nSPS) is 12.6. The molecule has 0 radical (unpaired) electrons. The van der Waals surface area contributed by atoms with Gasteiger partial charge in [0.25, 0.3) is 5.91 Å². The molecule has 278 valence electrons. The van der Waals surface area contributed by atoms with E-state index in [1.165, 1.54) is 0 Å². The van der Waals surface area contributed by atoms with Crippen molar-refractivity contribution in [1.29, 1.82) is 0 Å². The Labute approximate surface area is 331 Å². The van der Waals surface area contributed by atoms with Gasteiger partial charge in [0.1, 0.15) is 0 Å². The predicted molar refractivity (Wildman–Crippen MR) is 234 cm³/mol. The molecule has 2 aliphatic heterocycles. The Morgan fingerprint density at radius 3 is 1.35 bits per heavy atom. The number of aliphatic hydroxyl groups excluding tert-OH is 1. The van der Waals surface area contributed by atoms with Gasteiger partial charge in [-0.15, -0.1) is 0 Å². The van der Waals surface area contributed by atoms with Crippen LogP contribution in [0.25, 0.3) is 90.9 Å². The first kappa shape index (κ1) is 35.6. The van der Waals surface area contributed by atoms with Gasteiger partial charge in [0.15, 0.2) is 0 Å². The molecule has 0 saturated heterocycles. The number of rotatable bonds is 8. The largest absolute Gasteiger partial charge is 0.394 e.